The molecule has 0 fully saturated rings. The van der Waals surface area contributed by atoms with Crippen molar-refractivity contribution in [2.45, 2.75) is 39.7 Å². The van der Waals surface area contributed by atoms with Crippen LogP contribution in [0.25, 0.3) is 21.9 Å². The van der Waals surface area contributed by atoms with E-state index in [0.717, 1.165) is 21.9 Å². The van der Waals surface area contributed by atoms with Gasteiger partial charge in [-0.25, -0.2) is 4.79 Å². The fraction of sp³-hybridized carbons (Fsp3) is 0.318. The van der Waals surface area contributed by atoms with E-state index < -0.39 is 11.7 Å². The van der Waals surface area contributed by atoms with Crippen LogP contribution in [-0.2, 0) is 0 Å². The van der Waals surface area contributed by atoms with Crippen LogP contribution in [0.5, 0.6) is 5.75 Å². The summed E-state index contributed by atoms with van der Waals surface area (Å²) in [5.41, 5.74) is 2.86. The van der Waals surface area contributed by atoms with Gasteiger partial charge < -0.3 is 18.7 Å². The Labute approximate surface area is 157 Å². The molecule has 142 valence electrons. The van der Waals surface area contributed by atoms with E-state index in [0.29, 0.717) is 36.4 Å². The molecule has 1 unspecified atom stereocenters. The van der Waals surface area contributed by atoms with Gasteiger partial charge in [0.05, 0.1) is 29.7 Å². The van der Waals surface area contributed by atoms with Crippen LogP contribution in [0, 0.1) is 0 Å². The number of aliphatic hydroxyl groups excluding tert-OH is 1. The molecule has 2 heterocycles. The normalized spacial score (nSPS) is 13.1. The number of fused-ring (bicyclic) bond motifs is 2. The SMILES string of the molecule is CC(C)=CC(O)CC(C)=CCCOc1c2ccoc2cc2oc(=O)ccc12. The van der Waals surface area contributed by atoms with E-state index in [1.807, 2.05) is 32.9 Å². The standard InChI is InChI=1S/C22H24O5/c1-14(2)11-16(23)12-15(3)5-4-9-26-22-17-6-7-21(24)27-20(17)13-19-18(22)8-10-25-19/h5-8,10-11,13,16,23H,4,9,12H2,1-3H3. The van der Waals surface area contributed by atoms with Crippen LogP contribution in [0.4, 0.5) is 0 Å². The summed E-state index contributed by atoms with van der Waals surface area (Å²) in [7, 11) is 0. The molecule has 1 aromatic carbocycles. The van der Waals surface area contributed by atoms with Crippen LogP contribution < -0.4 is 10.4 Å². The second-order valence-electron chi connectivity index (χ2n) is 6.91. The zero-order chi connectivity index (χ0) is 19.4. The third-order valence-electron chi connectivity index (χ3n) is 4.22. The van der Waals surface area contributed by atoms with Crippen molar-refractivity contribution in [1.82, 2.24) is 0 Å². The van der Waals surface area contributed by atoms with Gasteiger partial charge in [-0.1, -0.05) is 23.3 Å². The molecule has 0 aliphatic carbocycles. The van der Waals surface area contributed by atoms with Crippen LogP contribution >= 0.6 is 0 Å². The Morgan fingerprint density at radius 2 is 1.96 bits per heavy atom. The van der Waals surface area contributed by atoms with E-state index in [9.17, 15) is 9.90 Å². The van der Waals surface area contributed by atoms with Gasteiger partial charge in [0, 0.05) is 12.1 Å². The van der Waals surface area contributed by atoms with Crippen LogP contribution in [-0.4, -0.2) is 17.8 Å². The van der Waals surface area contributed by atoms with E-state index in [-0.39, 0.29) is 0 Å². The Morgan fingerprint density at radius 3 is 2.74 bits per heavy atom. The van der Waals surface area contributed by atoms with Crippen LogP contribution in [0.2, 0.25) is 0 Å². The maximum atomic E-state index is 11.5. The van der Waals surface area contributed by atoms with Gasteiger partial charge in [0.1, 0.15) is 16.9 Å². The molecule has 0 aliphatic rings. The minimum Gasteiger partial charge on any atom is -0.492 e. The summed E-state index contributed by atoms with van der Waals surface area (Å²) >= 11 is 0. The highest BCUT2D eigenvalue weighted by Crippen LogP contribution is 2.35. The van der Waals surface area contributed by atoms with Gasteiger partial charge in [-0.2, -0.15) is 0 Å². The van der Waals surface area contributed by atoms with Gasteiger partial charge >= 0.3 is 5.63 Å². The second-order valence-corrected chi connectivity index (χ2v) is 6.91. The fourth-order valence-corrected chi connectivity index (χ4v) is 3.09. The molecule has 0 aliphatic heterocycles. The van der Waals surface area contributed by atoms with E-state index >= 15 is 0 Å². The number of aliphatic hydroxyl groups is 1. The topological polar surface area (TPSA) is 72.8 Å². The van der Waals surface area contributed by atoms with Crippen molar-refractivity contribution >= 4 is 21.9 Å². The summed E-state index contributed by atoms with van der Waals surface area (Å²) in [6.45, 7) is 6.41. The Morgan fingerprint density at radius 1 is 1.19 bits per heavy atom. The van der Waals surface area contributed by atoms with Gasteiger partial charge in [0.25, 0.3) is 0 Å². The smallest absolute Gasteiger partial charge is 0.336 e. The van der Waals surface area contributed by atoms with Crippen molar-refractivity contribution in [1.29, 1.82) is 0 Å². The third kappa shape index (κ3) is 4.68. The molecule has 3 rings (SSSR count). The summed E-state index contributed by atoms with van der Waals surface area (Å²) < 4.78 is 16.7. The van der Waals surface area contributed by atoms with Gasteiger partial charge in [0.15, 0.2) is 0 Å². The Hall–Kier alpha value is -2.79. The zero-order valence-corrected chi connectivity index (χ0v) is 15.8. The second kappa shape index (κ2) is 8.27. The predicted molar refractivity (Wildman–Crippen MR) is 106 cm³/mol. The number of ether oxygens (including phenoxy) is 1. The van der Waals surface area contributed by atoms with E-state index in [2.05, 4.69) is 6.08 Å². The molecular weight excluding hydrogens is 344 g/mol. The Bertz CT molecular complexity index is 1050. The molecule has 2 aromatic heterocycles. The van der Waals surface area contributed by atoms with E-state index in [1.54, 1.807) is 18.4 Å². The summed E-state index contributed by atoms with van der Waals surface area (Å²) in [5, 5.41) is 11.5. The lowest BCUT2D eigenvalue weighted by Crippen LogP contribution is -2.04. The molecule has 0 saturated heterocycles. The van der Waals surface area contributed by atoms with E-state index in [1.165, 1.54) is 6.07 Å². The average Bonchev–Trinajstić information content (AvgIpc) is 3.04. The quantitative estimate of drug-likeness (QED) is 0.362. The Balaban J connectivity index is 1.73. The summed E-state index contributed by atoms with van der Waals surface area (Å²) in [6, 6.07) is 6.63. The first-order chi connectivity index (χ1) is 12.9. The maximum Gasteiger partial charge on any atom is 0.336 e. The highest BCUT2D eigenvalue weighted by Gasteiger charge is 2.13. The largest absolute Gasteiger partial charge is 0.492 e. The molecular formula is C22H24O5. The molecule has 3 aromatic rings. The first-order valence-corrected chi connectivity index (χ1v) is 8.99. The van der Waals surface area contributed by atoms with Crippen LogP contribution in [0.1, 0.15) is 33.6 Å². The van der Waals surface area contributed by atoms with E-state index in [4.69, 9.17) is 13.6 Å². The molecule has 1 atom stereocenters. The van der Waals surface area contributed by atoms with Gasteiger partial charge in [0.2, 0.25) is 0 Å². The highest BCUT2D eigenvalue weighted by molar-refractivity contribution is 6.01. The third-order valence-corrected chi connectivity index (χ3v) is 4.22. The first-order valence-electron chi connectivity index (χ1n) is 8.99. The summed E-state index contributed by atoms with van der Waals surface area (Å²) in [5.74, 6) is 0.649. The first kappa shape index (κ1) is 19.0. The average molecular weight is 368 g/mol. The molecule has 5 nitrogen and oxygen atoms in total. The van der Waals surface area contributed by atoms with Crippen molar-refractivity contribution in [3.63, 3.8) is 0 Å². The highest BCUT2D eigenvalue weighted by atomic mass is 16.5. The van der Waals surface area contributed by atoms with Crippen LogP contribution in [0.15, 0.2) is 67.5 Å². The number of hydrogen-bond acceptors (Lipinski definition) is 5. The van der Waals surface area contributed by atoms with Gasteiger partial charge in [-0.05, 0) is 45.7 Å². The fourth-order valence-electron chi connectivity index (χ4n) is 3.09. The predicted octanol–water partition coefficient (Wildman–Crippen LogP) is 4.97. The number of rotatable bonds is 7. The molecule has 0 radical (unpaired) electrons. The van der Waals surface area contributed by atoms with Gasteiger partial charge in [-0.3, -0.25) is 0 Å². The van der Waals surface area contributed by atoms with Crippen molar-refractivity contribution in [2.75, 3.05) is 6.61 Å². The molecule has 1 N–H and O–H groups in total. The molecule has 0 amide bonds. The maximum absolute atomic E-state index is 11.5. The lowest BCUT2D eigenvalue weighted by molar-refractivity contribution is 0.222. The number of benzene rings is 1. The molecule has 27 heavy (non-hydrogen) atoms. The molecule has 5 heteroatoms. The molecule has 0 spiro atoms. The Kier molecular flexibility index (Phi) is 5.81. The number of furan rings is 1. The molecule has 0 saturated carbocycles. The minimum absolute atomic E-state index is 0.409. The van der Waals surface area contributed by atoms with Crippen molar-refractivity contribution in [2.24, 2.45) is 0 Å². The monoisotopic (exact) mass is 368 g/mol. The molecule has 0 bridgehead atoms. The van der Waals surface area contributed by atoms with Crippen molar-refractivity contribution < 1.29 is 18.7 Å². The summed E-state index contributed by atoms with van der Waals surface area (Å²) in [6.07, 6.45) is 6.37. The van der Waals surface area contributed by atoms with Crippen molar-refractivity contribution in [3.05, 3.63) is 64.2 Å². The summed E-state index contributed by atoms with van der Waals surface area (Å²) in [4.78, 5) is 11.5. The lowest BCUT2D eigenvalue weighted by Gasteiger charge is -2.10. The zero-order valence-electron chi connectivity index (χ0n) is 15.8. The van der Waals surface area contributed by atoms with Crippen LogP contribution in [0.3, 0.4) is 0 Å². The number of hydrogen-bond donors (Lipinski definition) is 1. The minimum atomic E-state index is -0.460. The van der Waals surface area contributed by atoms with Gasteiger partial charge in [-0.15, -0.1) is 0 Å². The number of allylic oxidation sites excluding steroid dienone is 1. The van der Waals surface area contributed by atoms with Crippen molar-refractivity contribution in [3.8, 4) is 5.75 Å². The lowest BCUT2D eigenvalue weighted by atomic mass is 10.1.